The topological polar surface area (TPSA) is 90.7 Å². The van der Waals surface area contributed by atoms with E-state index in [1.807, 2.05) is 0 Å². The predicted octanol–water partition coefficient (Wildman–Crippen LogP) is 0.189. The van der Waals surface area contributed by atoms with Crippen molar-refractivity contribution in [3.63, 3.8) is 0 Å². The molecular weight excluding hydrogens is 154 g/mol. The Balaban J connectivity index is 2.79. The van der Waals surface area contributed by atoms with E-state index in [4.69, 9.17) is 11.5 Å². The lowest BCUT2D eigenvalue weighted by molar-refractivity contribution is 1.23. The first-order chi connectivity index (χ1) is 5.75. The Morgan fingerprint density at radius 3 is 2.67 bits per heavy atom. The molecule has 2 heterocycles. The first kappa shape index (κ1) is 6.78. The van der Waals surface area contributed by atoms with Crippen molar-refractivity contribution in [3.8, 4) is 0 Å². The normalized spacial score (nSPS) is 10.3. The number of pyridine rings is 1. The molecule has 0 unspecified atom stereocenters. The summed E-state index contributed by atoms with van der Waals surface area (Å²) in [5.74, 6) is 0.815. The van der Waals surface area contributed by atoms with Crippen LogP contribution in [0.25, 0.3) is 11.2 Å². The molecule has 4 N–H and O–H groups in total. The van der Waals surface area contributed by atoms with Gasteiger partial charge in [-0.05, 0) is 12.1 Å². The molecule has 5 heteroatoms. The maximum atomic E-state index is 5.45. The number of nitrogens with zero attached hydrogens (tertiary/aromatic N) is 3. The Morgan fingerprint density at radius 2 is 1.83 bits per heavy atom. The third-order valence-electron chi connectivity index (χ3n) is 1.44. The van der Waals surface area contributed by atoms with Crippen molar-refractivity contribution < 1.29 is 0 Å². The molecule has 0 fully saturated rings. The van der Waals surface area contributed by atoms with Gasteiger partial charge in [-0.15, -0.1) is 0 Å². The number of aromatic nitrogens is 3. The lowest BCUT2D eigenvalue weighted by atomic mass is 10.4. The van der Waals surface area contributed by atoms with Crippen LogP contribution in [0.2, 0.25) is 0 Å². The molecule has 5 nitrogen and oxygen atoms in total. The Kier molecular flexibility index (Phi) is 1.30. The zero-order valence-electron chi connectivity index (χ0n) is 6.23. The largest absolute Gasteiger partial charge is 0.384 e. The highest BCUT2D eigenvalue weighted by Gasteiger charge is 1.97. The number of fused-ring (bicyclic) bond motifs is 1. The van der Waals surface area contributed by atoms with Gasteiger partial charge in [0.05, 0.1) is 6.20 Å². The molecule has 0 aliphatic heterocycles. The molecule has 2 rings (SSSR count). The molecule has 12 heavy (non-hydrogen) atoms. The van der Waals surface area contributed by atoms with Crippen molar-refractivity contribution in [3.05, 3.63) is 18.3 Å². The second-order valence-electron chi connectivity index (χ2n) is 2.37. The van der Waals surface area contributed by atoms with Gasteiger partial charge in [0.25, 0.3) is 0 Å². The van der Waals surface area contributed by atoms with E-state index in [0.717, 1.165) is 0 Å². The molecule has 0 aliphatic rings. The van der Waals surface area contributed by atoms with Gasteiger partial charge in [0.2, 0.25) is 0 Å². The minimum Gasteiger partial charge on any atom is -0.384 e. The van der Waals surface area contributed by atoms with E-state index >= 15 is 0 Å². The fourth-order valence-corrected chi connectivity index (χ4v) is 0.933. The summed E-state index contributed by atoms with van der Waals surface area (Å²) in [5, 5.41) is 0. The average molecular weight is 161 g/mol. The van der Waals surface area contributed by atoms with Gasteiger partial charge in [0.15, 0.2) is 5.65 Å². The van der Waals surface area contributed by atoms with Crippen molar-refractivity contribution in [2.45, 2.75) is 0 Å². The second-order valence-corrected chi connectivity index (χ2v) is 2.37. The number of rotatable bonds is 0. The quantitative estimate of drug-likeness (QED) is 0.575. The van der Waals surface area contributed by atoms with Crippen molar-refractivity contribution in [1.82, 2.24) is 15.0 Å². The third-order valence-corrected chi connectivity index (χ3v) is 1.44. The van der Waals surface area contributed by atoms with Gasteiger partial charge in [-0.2, -0.15) is 0 Å². The van der Waals surface area contributed by atoms with E-state index in [2.05, 4.69) is 15.0 Å². The summed E-state index contributed by atoms with van der Waals surface area (Å²) in [6.45, 7) is 0. The lowest BCUT2D eigenvalue weighted by Gasteiger charge is -1.97. The van der Waals surface area contributed by atoms with Crippen molar-refractivity contribution in [2.24, 2.45) is 0 Å². The minimum atomic E-state index is 0.383. The van der Waals surface area contributed by atoms with E-state index in [-0.39, 0.29) is 0 Å². The zero-order chi connectivity index (χ0) is 8.55. The number of anilines is 2. The molecule has 0 amide bonds. The molecule has 2 aromatic heterocycles. The number of nitrogen functional groups attached to an aromatic ring is 2. The average Bonchev–Trinajstić information content (AvgIpc) is 2.05. The maximum absolute atomic E-state index is 5.45. The fourth-order valence-electron chi connectivity index (χ4n) is 0.933. The molecule has 0 saturated carbocycles. The maximum Gasteiger partial charge on any atom is 0.180 e. The van der Waals surface area contributed by atoms with Crippen molar-refractivity contribution in [1.29, 1.82) is 0 Å². The van der Waals surface area contributed by atoms with Gasteiger partial charge < -0.3 is 11.5 Å². The van der Waals surface area contributed by atoms with Crippen molar-refractivity contribution >= 4 is 22.8 Å². The van der Waals surface area contributed by atoms with Gasteiger partial charge in [-0.1, -0.05) is 0 Å². The summed E-state index contributed by atoms with van der Waals surface area (Å²) in [7, 11) is 0. The van der Waals surface area contributed by atoms with Crippen LogP contribution in [0, 0.1) is 0 Å². The molecule has 0 atom stereocenters. The van der Waals surface area contributed by atoms with Crippen LogP contribution in [-0.4, -0.2) is 15.0 Å². The minimum absolute atomic E-state index is 0.383. The Morgan fingerprint density at radius 1 is 1.00 bits per heavy atom. The summed E-state index contributed by atoms with van der Waals surface area (Å²) >= 11 is 0. The summed E-state index contributed by atoms with van der Waals surface area (Å²) in [6.07, 6.45) is 1.45. The lowest BCUT2D eigenvalue weighted by Crippen LogP contribution is -1.96. The number of hydrogen-bond donors (Lipinski definition) is 2. The first-order valence-corrected chi connectivity index (χ1v) is 3.40. The standard InChI is InChI=1S/C7H7N5/c8-5-2-1-4-7(12-5)10-3-6(9)11-4/h1-3H,(H2,9,11)(H2,8,10,12). The van der Waals surface area contributed by atoms with Crippen LogP contribution in [0.4, 0.5) is 11.6 Å². The molecular formula is C7H7N5. The highest BCUT2D eigenvalue weighted by Crippen LogP contribution is 2.09. The van der Waals surface area contributed by atoms with Crippen LogP contribution >= 0.6 is 0 Å². The summed E-state index contributed by atoms with van der Waals surface area (Å²) in [5.41, 5.74) is 12.1. The number of hydrogen-bond acceptors (Lipinski definition) is 5. The Bertz CT molecular complexity index is 384. The Hall–Kier alpha value is -1.91. The summed E-state index contributed by atoms with van der Waals surface area (Å²) in [4.78, 5) is 11.9. The highest BCUT2D eigenvalue weighted by atomic mass is 15.0. The van der Waals surface area contributed by atoms with E-state index in [9.17, 15) is 0 Å². The predicted molar refractivity (Wildman–Crippen MR) is 46.2 cm³/mol. The molecule has 0 spiro atoms. The molecule has 2 aromatic rings. The van der Waals surface area contributed by atoms with Crippen molar-refractivity contribution in [2.75, 3.05) is 11.5 Å². The molecule has 0 bridgehead atoms. The van der Waals surface area contributed by atoms with Crippen LogP contribution in [-0.2, 0) is 0 Å². The highest BCUT2D eigenvalue weighted by molar-refractivity contribution is 5.72. The van der Waals surface area contributed by atoms with Gasteiger partial charge in [0.1, 0.15) is 17.2 Å². The third kappa shape index (κ3) is 1.01. The smallest absolute Gasteiger partial charge is 0.180 e. The molecule has 60 valence electrons. The summed E-state index contributed by atoms with van der Waals surface area (Å²) in [6, 6.07) is 3.40. The van der Waals surface area contributed by atoms with Gasteiger partial charge in [0, 0.05) is 0 Å². The fraction of sp³-hybridized carbons (Fsp3) is 0. The number of nitrogens with two attached hydrogens (primary N) is 2. The molecule has 0 aliphatic carbocycles. The molecule has 0 radical (unpaired) electrons. The van der Waals surface area contributed by atoms with E-state index in [0.29, 0.717) is 22.8 Å². The first-order valence-electron chi connectivity index (χ1n) is 3.40. The molecule has 0 saturated heterocycles. The summed E-state index contributed by atoms with van der Waals surface area (Å²) < 4.78 is 0. The van der Waals surface area contributed by atoms with Crippen LogP contribution in [0.15, 0.2) is 18.3 Å². The van der Waals surface area contributed by atoms with Crippen LogP contribution in [0.3, 0.4) is 0 Å². The van der Waals surface area contributed by atoms with Crippen LogP contribution in [0.5, 0.6) is 0 Å². The van der Waals surface area contributed by atoms with E-state index < -0.39 is 0 Å². The van der Waals surface area contributed by atoms with Gasteiger partial charge in [-0.25, -0.2) is 15.0 Å². The van der Waals surface area contributed by atoms with Crippen LogP contribution in [0.1, 0.15) is 0 Å². The second kappa shape index (κ2) is 2.30. The van der Waals surface area contributed by atoms with E-state index in [1.165, 1.54) is 6.20 Å². The van der Waals surface area contributed by atoms with Gasteiger partial charge in [-0.3, -0.25) is 0 Å². The van der Waals surface area contributed by atoms with Gasteiger partial charge >= 0.3 is 0 Å². The van der Waals surface area contributed by atoms with E-state index in [1.54, 1.807) is 12.1 Å². The SMILES string of the molecule is Nc1cnc2nc(N)ccc2n1. The Labute approximate surface area is 68.5 Å². The zero-order valence-corrected chi connectivity index (χ0v) is 6.23. The monoisotopic (exact) mass is 161 g/mol. The van der Waals surface area contributed by atoms with Crippen LogP contribution < -0.4 is 11.5 Å². The molecule has 0 aromatic carbocycles.